The fourth-order valence-electron chi connectivity index (χ4n) is 4.98. The minimum absolute atomic E-state index is 0.822. The van der Waals surface area contributed by atoms with E-state index in [-0.39, 0.29) is 0 Å². The fraction of sp³-hybridized carbons (Fsp3) is 0.0682. The van der Waals surface area contributed by atoms with Gasteiger partial charge in [-0.05, 0) is 100 Å². The highest BCUT2D eigenvalue weighted by molar-refractivity contribution is 5.96. The Morgan fingerprint density at radius 2 is 1.41 bits per heavy atom. The summed E-state index contributed by atoms with van der Waals surface area (Å²) in [4.78, 5) is 4.69. The number of hydrogen-bond donors (Lipinski definition) is 1. The van der Waals surface area contributed by atoms with E-state index in [0.29, 0.717) is 0 Å². The number of benzene rings is 4. The summed E-state index contributed by atoms with van der Waals surface area (Å²) < 4.78 is 0. The van der Waals surface area contributed by atoms with E-state index in [9.17, 15) is 0 Å². The molecule has 0 radical (unpaired) electrons. The van der Waals surface area contributed by atoms with Crippen molar-refractivity contribution in [1.29, 1.82) is 0 Å². The highest BCUT2D eigenvalue weighted by Gasteiger charge is 2.06. The van der Waals surface area contributed by atoms with Crippen molar-refractivity contribution in [3.05, 3.63) is 199 Å². The third-order valence-electron chi connectivity index (χ3n) is 7.75. The van der Waals surface area contributed by atoms with Crippen molar-refractivity contribution in [1.82, 2.24) is 4.98 Å². The smallest absolute Gasteiger partial charge is 0.0702 e. The SMILES string of the molecule is C=C/C(=C\C)c1ccc(-c2ccc(C)c(/C=C\C(=C)C(=C)/C=C\C(=C/C)c3cccc4ccccc34)c2)nc1.Nc1ccccc1. The van der Waals surface area contributed by atoms with Crippen molar-refractivity contribution < 1.29 is 0 Å². The molecule has 4 aromatic carbocycles. The molecule has 46 heavy (non-hydrogen) atoms. The minimum atomic E-state index is 0.822. The first kappa shape index (κ1) is 33.2. The number of nitrogens with two attached hydrogens (primary N) is 1. The molecule has 0 aliphatic carbocycles. The third-order valence-corrected chi connectivity index (χ3v) is 7.75. The Balaban J connectivity index is 0.000000606. The van der Waals surface area contributed by atoms with Gasteiger partial charge in [-0.2, -0.15) is 0 Å². The molecule has 5 rings (SSSR count). The molecule has 0 saturated carbocycles. The largest absolute Gasteiger partial charge is 0.399 e. The molecule has 1 heterocycles. The summed E-state index contributed by atoms with van der Waals surface area (Å²) in [6, 6.07) is 34.9. The standard InChI is InChI=1S/C38H35N.C6H7N/c1-7-30(8-2)35-23-24-38(39-26-35)34-22-19-29(6)33(25-34)21-18-28(5)27(4)17-20-31(9-3)36-16-12-14-32-13-10-11-15-37(32)36;7-6-4-2-1-3-5-6/h7-26H,1,4-5H2,2-3,6H3;1-5H,7H2/b20-17-,21-18-,30-8+,31-9+;. The molecule has 0 spiro atoms. The first-order valence-electron chi connectivity index (χ1n) is 15.4. The van der Waals surface area contributed by atoms with Gasteiger partial charge in [-0.15, -0.1) is 0 Å². The highest BCUT2D eigenvalue weighted by atomic mass is 14.7. The number of nitrogens with zero attached hydrogens (tertiary/aromatic N) is 1. The van der Waals surface area contributed by atoms with Crippen molar-refractivity contribution >= 4 is 33.7 Å². The van der Waals surface area contributed by atoms with Gasteiger partial charge in [0.1, 0.15) is 0 Å². The van der Waals surface area contributed by atoms with Gasteiger partial charge in [0.15, 0.2) is 0 Å². The van der Waals surface area contributed by atoms with Crippen molar-refractivity contribution in [2.24, 2.45) is 0 Å². The molecular weight excluding hydrogens is 556 g/mol. The Labute approximate surface area is 274 Å². The number of para-hydroxylation sites is 1. The van der Waals surface area contributed by atoms with Crippen LogP contribution < -0.4 is 5.73 Å². The van der Waals surface area contributed by atoms with Crippen molar-refractivity contribution in [3.63, 3.8) is 0 Å². The summed E-state index contributed by atoms with van der Waals surface area (Å²) in [5, 5.41) is 2.47. The molecule has 0 atom stereocenters. The third kappa shape index (κ3) is 8.68. The number of hydrogen-bond acceptors (Lipinski definition) is 2. The summed E-state index contributed by atoms with van der Waals surface area (Å²) in [7, 11) is 0. The molecule has 1 aromatic heterocycles. The van der Waals surface area contributed by atoms with Crippen LogP contribution in [-0.4, -0.2) is 4.98 Å². The number of aryl methyl sites for hydroxylation is 1. The normalized spacial score (nSPS) is 11.8. The number of anilines is 1. The summed E-state index contributed by atoms with van der Waals surface area (Å²) >= 11 is 0. The molecule has 2 heteroatoms. The molecule has 0 bridgehead atoms. The van der Waals surface area contributed by atoms with E-state index in [1.807, 2.05) is 67.8 Å². The van der Waals surface area contributed by atoms with Crippen LogP contribution >= 0.6 is 0 Å². The lowest BCUT2D eigenvalue weighted by Crippen LogP contribution is -1.89. The summed E-state index contributed by atoms with van der Waals surface area (Å²) in [6.45, 7) is 18.6. The van der Waals surface area contributed by atoms with E-state index in [0.717, 1.165) is 50.4 Å². The molecule has 0 unspecified atom stereocenters. The van der Waals surface area contributed by atoms with Gasteiger partial charge < -0.3 is 5.73 Å². The summed E-state index contributed by atoms with van der Waals surface area (Å²) in [6.07, 6.45) is 16.2. The van der Waals surface area contributed by atoms with Crippen LogP contribution in [0.2, 0.25) is 0 Å². The van der Waals surface area contributed by atoms with Crippen LogP contribution in [0.15, 0.2) is 177 Å². The molecule has 2 N–H and O–H groups in total. The average molecular weight is 599 g/mol. The molecule has 0 aliphatic heterocycles. The number of fused-ring (bicyclic) bond motifs is 1. The van der Waals surface area contributed by atoms with Gasteiger partial charge in [-0.3, -0.25) is 4.98 Å². The molecule has 2 nitrogen and oxygen atoms in total. The lowest BCUT2D eigenvalue weighted by atomic mass is 9.96. The van der Waals surface area contributed by atoms with Crippen LogP contribution in [0.1, 0.15) is 36.1 Å². The van der Waals surface area contributed by atoms with Gasteiger partial charge in [-0.1, -0.05) is 141 Å². The van der Waals surface area contributed by atoms with Crippen LogP contribution in [0, 0.1) is 6.92 Å². The fourth-order valence-corrected chi connectivity index (χ4v) is 4.98. The van der Waals surface area contributed by atoms with E-state index in [2.05, 4.69) is 125 Å². The predicted molar refractivity (Wildman–Crippen MR) is 203 cm³/mol. The molecular formula is C44H42N2. The van der Waals surface area contributed by atoms with Crippen molar-refractivity contribution in [3.8, 4) is 11.3 Å². The second-order valence-corrected chi connectivity index (χ2v) is 10.9. The maximum absolute atomic E-state index is 5.36. The molecule has 0 saturated heterocycles. The van der Waals surface area contributed by atoms with E-state index in [1.54, 1.807) is 0 Å². The van der Waals surface area contributed by atoms with Crippen LogP contribution in [0.3, 0.4) is 0 Å². The topological polar surface area (TPSA) is 38.9 Å². The first-order chi connectivity index (χ1) is 22.3. The number of pyridine rings is 1. The first-order valence-corrected chi connectivity index (χ1v) is 15.4. The quantitative estimate of drug-likeness (QED) is 0.135. The molecule has 0 aliphatic rings. The van der Waals surface area contributed by atoms with E-state index < -0.39 is 0 Å². The van der Waals surface area contributed by atoms with Crippen LogP contribution in [-0.2, 0) is 0 Å². The maximum atomic E-state index is 5.36. The Hall–Kier alpha value is -5.73. The molecule has 228 valence electrons. The van der Waals surface area contributed by atoms with Gasteiger partial charge in [0, 0.05) is 17.4 Å². The van der Waals surface area contributed by atoms with Crippen LogP contribution in [0.5, 0.6) is 0 Å². The van der Waals surface area contributed by atoms with Crippen molar-refractivity contribution in [2.75, 3.05) is 5.73 Å². The average Bonchev–Trinajstić information content (AvgIpc) is 3.09. The zero-order chi connectivity index (χ0) is 32.9. The van der Waals surface area contributed by atoms with E-state index in [4.69, 9.17) is 10.7 Å². The lowest BCUT2D eigenvalue weighted by Gasteiger charge is -2.09. The molecule has 0 fully saturated rings. The molecule has 5 aromatic rings. The van der Waals surface area contributed by atoms with Crippen LogP contribution in [0.4, 0.5) is 5.69 Å². The summed E-state index contributed by atoms with van der Waals surface area (Å²) in [5.41, 5.74) is 16.8. The van der Waals surface area contributed by atoms with Gasteiger partial charge in [0.2, 0.25) is 0 Å². The number of allylic oxidation sites excluding steroid dienone is 10. The minimum Gasteiger partial charge on any atom is -0.399 e. The van der Waals surface area contributed by atoms with Gasteiger partial charge in [-0.25, -0.2) is 0 Å². The monoisotopic (exact) mass is 598 g/mol. The zero-order valence-electron chi connectivity index (χ0n) is 27.1. The Morgan fingerprint density at radius 3 is 2.07 bits per heavy atom. The summed E-state index contributed by atoms with van der Waals surface area (Å²) in [5.74, 6) is 0. The Kier molecular flexibility index (Phi) is 11.8. The van der Waals surface area contributed by atoms with Gasteiger partial charge >= 0.3 is 0 Å². The van der Waals surface area contributed by atoms with Gasteiger partial charge in [0.25, 0.3) is 0 Å². The highest BCUT2D eigenvalue weighted by Crippen LogP contribution is 2.27. The number of rotatable bonds is 9. The maximum Gasteiger partial charge on any atom is 0.0702 e. The Morgan fingerprint density at radius 1 is 0.717 bits per heavy atom. The Bertz CT molecular complexity index is 1940. The molecule has 0 amide bonds. The number of nitrogen functional groups attached to an aromatic ring is 1. The van der Waals surface area contributed by atoms with E-state index in [1.165, 1.54) is 21.9 Å². The predicted octanol–water partition coefficient (Wildman–Crippen LogP) is 11.9. The lowest BCUT2D eigenvalue weighted by molar-refractivity contribution is 1.30. The second-order valence-electron chi connectivity index (χ2n) is 10.9. The van der Waals surface area contributed by atoms with Crippen LogP contribution in [0.25, 0.3) is 39.3 Å². The van der Waals surface area contributed by atoms with Gasteiger partial charge in [0.05, 0.1) is 5.69 Å². The second kappa shape index (κ2) is 16.4. The van der Waals surface area contributed by atoms with Crippen molar-refractivity contribution in [2.45, 2.75) is 20.8 Å². The zero-order valence-corrected chi connectivity index (χ0v) is 27.1. The van der Waals surface area contributed by atoms with E-state index >= 15 is 0 Å². The number of aromatic nitrogens is 1.